The maximum absolute atomic E-state index is 12.7. The Balaban J connectivity index is 1.69. The van der Waals surface area contributed by atoms with Gasteiger partial charge in [0.1, 0.15) is 0 Å². The van der Waals surface area contributed by atoms with E-state index < -0.39 is 12.1 Å². The van der Waals surface area contributed by atoms with E-state index in [9.17, 15) is 13.2 Å². The average molecular weight is 390 g/mol. The molecule has 0 spiro atoms. The van der Waals surface area contributed by atoms with Gasteiger partial charge in [-0.15, -0.1) is 13.2 Å². The van der Waals surface area contributed by atoms with Crippen molar-refractivity contribution >= 4 is 28.4 Å². The van der Waals surface area contributed by atoms with Gasteiger partial charge in [-0.2, -0.15) is 0 Å². The normalized spacial score (nSPS) is 27.7. The van der Waals surface area contributed by atoms with Crippen LogP contribution in [0, 0.1) is 5.92 Å². The van der Waals surface area contributed by atoms with E-state index in [4.69, 9.17) is 16.1 Å². The summed E-state index contributed by atoms with van der Waals surface area (Å²) in [6, 6.07) is 3.07. The third-order valence-electron chi connectivity index (χ3n) is 5.64. The molecule has 142 valence electrons. The minimum atomic E-state index is -4.86. The predicted octanol–water partition coefficient (Wildman–Crippen LogP) is 4.66. The summed E-state index contributed by atoms with van der Waals surface area (Å²) in [6.45, 7) is 6.48. The monoisotopic (exact) mass is 389 g/mol. The van der Waals surface area contributed by atoms with Crippen LogP contribution in [0.4, 0.5) is 19.0 Å². The van der Waals surface area contributed by atoms with Crippen molar-refractivity contribution in [3.8, 4) is 5.75 Å². The van der Waals surface area contributed by atoms with Crippen LogP contribution in [0.2, 0.25) is 5.02 Å². The average Bonchev–Trinajstić information content (AvgIpc) is 2.96. The highest BCUT2D eigenvalue weighted by molar-refractivity contribution is 6.33. The lowest BCUT2D eigenvalue weighted by atomic mass is 9.72. The molecular formula is C17H19ClF3N3O2. The zero-order valence-electron chi connectivity index (χ0n) is 14.4. The van der Waals surface area contributed by atoms with E-state index in [2.05, 4.69) is 34.0 Å². The molecule has 3 saturated heterocycles. The fourth-order valence-corrected chi connectivity index (χ4v) is 4.48. The van der Waals surface area contributed by atoms with E-state index in [1.807, 2.05) is 0 Å². The first-order valence-corrected chi connectivity index (χ1v) is 8.90. The molecule has 1 aromatic heterocycles. The van der Waals surface area contributed by atoms with Crippen LogP contribution in [-0.2, 0) is 0 Å². The molecule has 0 amide bonds. The lowest BCUT2D eigenvalue weighted by Crippen LogP contribution is -2.66. The lowest BCUT2D eigenvalue weighted by Gasteiger charge is -2.56. The van der Waals surface area contributed by atoms with Crippen molar-refractivity contribution < 1.29 is 22.4 Å². The largest absolute Gasteiger partial charge is 0.573 e. The molecule has 0 saturated carbocycles. The van der Waals surface area contributed by atoms with E-state index in [1.54, 1.807) is 6.07 Å². The number of rotatable bonds is 3. The number of nitrogens with one attached hydrogen (secondary N) is 1. The number of benzene rings is 1. The van der Waals surface area contributed by atoms with Crippen molar-refractivity contribution in [1.82, 2.24) is 10.1 Å². The van der Waals surface area contributed by atoms with Gasteiger partial charge < -0.3 is 14.6 Å². The van der Waals surface area contributed by atoms with Gasteiger partial charge in [0, 0.05) is 11.6 Å². The van der Waals surface area contributed by atoms with Gasteiger partial charge in [0.2, 0.25) is 5.58 Å². The van der Waals surface area contributed by atoms with Crippen LogP contribution in [0.1, 0.15) is 26.7 Å². The summed E-state index contributed by atoms with van der Waals surface area (Å²) in [4.78, 5) is 2.43. The highest BCUT2D eigenvalue weighted by Gasteiger charge is 2.48. The minimum absolute atomic E-state index is 0.0792. The molecule has 4 heterocycles. The second-order valence-electron chi connectivity index (χ2n) is 7.43. The number of hydrogen-bond acceptors (Lipinski definition) is 5. The summed E-state index contributed by atoms with van der Waals surface area (Å²) >= 11 is 5.87. The van der Waals surface area contributed by atoms with E-state index in [1.165, 1.54) is 6.07 Å². The Labute approximate surface area is 153 Å². The first-order chi connectivity index (χ1) is 12.2. The Kier molecular flexibility index (Phi) is 4.04. The molecule has 1 N–H and O–H groups in total. The molecule has 1 atom stereocenters. The third kappa shape index (κ3) is 2.89. The van der Waals surface area contributed by atoms with Crippen LogP contribution >= 0.6 is 11.6 Å². The second kappa shape index (κ2) is 5.92. The molecule has 9 heteroatoms. The molecule has 0 radical (unpaired) electrons. The van der Waals surface area contributed by atoms with E-state index in [0.29, 0.717) is 17.1 Å². The van der Waals surface area contributed by atoms with Crippen molar-refractivity contribution in [3.05, 3.63) is 17.2 Å². The number of nitrogens with zero attached hydrogens (tertiary/aromatic N) is 2. The fraction of sp³-hybridized carbons (Fsp3) is 0.588. The van der Waals surface area contributed by atoms with Crippen LogP contribution in [0.15, 0.2) is 16.7 Å². The van der Waals surface area contributed by atoms with Crippen LogP contribution < -0.4 is 10.1 Å². The first-order valence-electron chi connectivity index (χ1n) is 8.52. The van der Waals surface area contributed by atoms with Crippen molar-refractivity contribution in [2.75, 3.05) is 18.4 Å². The Morgan fingerprint density at radius 1 is 1.31 bits per heavy atom. The molecule has 3 fully saturated rings. The van der Waals surface area contributed by atoms with E-state index >= 15 is 0 Å². The Morgan fingerprint density at radius 2 is 2.00 bits per heavy atom. The van der Waals surface area contributed by atoms with Crippen molar-refractivity contribution in [2.45, 2.75) is 44.6 Å². The number of piperidine rings is 3. The number of ether oxygens (including phenoxy) is 1. The molecule has 3 aliphatic rings. The van der Waals surface area contributed by atoms with Gasteiger partial charge in [-0.05, 0) is 57.8 Å². The summed E-state index contributed by atoms with van der Waals surface area (Å²) in [5.41, 5.74) is -0.194. The summed E-state index contributed by atoms with van der Waals surface area (Å²) in [5.74, 6) is 0.334. The van der Waals surface area contributed by atoms with E-state index in [0.717, 1.165) is 25.9 Å². The quantitative estimate of drug-likeness (QED) is 0.827. The van der Waals surface area contributed by atoms with Crippen LogP contribution in [-0.4, -0.2) is 41.1 Å². The smallest absolute Gasteiger partial charge is 0.400 e. The third-order valence-corrected chi connectivity index (χ3v) is 5.94. The number of halogens is 4. The predicted molar refractivity (Wildman–Crippen MR) is 91.5 cm³/mol. The summed E-state index contributed by atoms with van der Waals surface area (Å²) in [7, 11) is 0. The molecule has 2 aromatic rings. The van der Waals surface area contributed by atoms with Crippen LogP contribution in [0.3, 0.4) is 0 Å². The zero-order chi connectivity index (χ0) is 18.7. The molecular weight excluding hydrogens is 371 g/mol. The molecule has 2 bridgehead atoms. The fourth-order valence-electron chi connectivity index (χ4n) is 4.30. The number of alkyl halides is 3. The number of hydrogen-bond donors (Lipinski definition) is 1. The zero-order valence-corrected chi connectivity index (χ0v) is 15.1. The first kappa shape index (κ1) is 17.7. The van der Waals surface area contributed by atoms with Crippen molar-refractivity contribution in [1.29, 1.82) is 0 Å². The van der Waals surface area contributed by atoms with Gasteiger partial charge in [0.25, 0.3) is 0 Å². The number of aromatic nitrogens is 1. The lowest BCUT2D eigenvalue weighted by molar-refractivity contribution is -0.274. The number of fused-ring (bicyclic) bond motifs is 4. The van der Waals surface area contributed by atoms with Crippen molar-refractivity contribution in [3.63, 3.8) is 0 Å². The van der Waals surface area contributed by atoms with Gasteiger partial charge in [0.05, 0.1) is 10.4 Å². The molecule has 3 aliphatic heterocycles. The highest BCUT2D eigenvalue weighted by Crippen LogP contribution is 2.43. The Bertz CT molecular complexity index is 829. The van der Waals surface area contributed by atoms with Gasteiger partial charge in [-0.25, -0.2) is 0 Å². The minimum Gasteiger partial charge on any atom is -0.400 e. The highest BCUT2D eigenvalue weighted by atomic mass is 35.5. The summed E-state index contributed by atoms with van der Waals surface area (Å²) < 4.78 is 47.2. The Hall–Kier alpha value is -1.67. The maximum atomic E-state index is 12.7. The second-order valence-corrected chi connectivity index (χ2v) is 7.84. The van der Waals surface area contributed by atoms with Crippen LogP contribution in [0.25, 0.3) is 11.0 Å². The van der Waals surface area contributed by atoms with Gasteiger partial charge in [-0.3, -0.25) is 4.90 Å². The molecule has 5 rings (SSSR count). The number of anilines is 1. The summed E-state index contributed by atoms with van der Waals surface area (Å²) in [6.07, 6.45) is -2.69. The standard InChI is InChI=1S/C17H19ClF3N3O2/c1-16(2)14(9-5-7-24(16)8-6-9)22-15-10-3-4-11(18)13(12(10)26-23-15)25-17(19,20)21/h3-4,9,14H,5-8H2,1-2H3,(H,22,23)/t14-/m1/s1. The topological polar surface area (TPSA) is 50.5 Å². The Morgan fingerprint density at radius 3 is 2.62 bits per heavy atom. The van der Waals surface area contributed by atoms with Gasteiger partial charge in [0.15, 0.2) is 11.6 Å². The SMILES string of the molecule is CC1(C)[C@H](Nc2noc3c(OC(F)(F)F)c(Cl)ccc23)C2CCN1CC2. The van der Waals surface area contributed by atoms with Crippen molar-refractivity contribution in [2.24, 2.45) is 5.92 Å². The maximum Gasteiger partial charge on any atom is 0.573 e. The summed E-state index contributed by atoms with van der Waals surface area (Å²) in [5, 5.41) is 7.61. The molecule has 0 unspecified atom stereocenters. The van der Waals surface area contributed by atoms with Crippen LogP contribution in [0.5, 0.6) is 5.75 Å². The van der Waals surface area contributed by atoms with Gasteiger partial charge >= 0.3 is 6.36 Å². The molecule has 1 aromatic carbocycles. The van der Waals surface area contributed by atoms with E-state index in [-0.39, 0.29) is 22.2 Å². The van der Waals surface area contributed by atoms with Gasteiger partial charge in [-0.1, -0.05) is 16.8 Å². The molecule has 5 nitrogen and oxygen atoms in total. The molecule has 26 heavy (non-hydrogen) atoms. The molecule has 0 aliphatic carbocycles.